The second-order valence-corrected chi connectivity index (χ2v) is 16.1. The molecule has 1 aliphatic carbocycles. The van der Waals surface area contributed by atoms with Gasteiger partial charge in [0.2, 0.25) is 0 Å². The lowest BCUT2D eigenvalue weighted by molar-refractivity contribution is 0.660. The Hall–Kier alpha value is -6.42. The number of hydrogen-bond acceptors (Lipinski definition) is 2. The van der Waals surface area contributed by atoms with Gasteiger partial charge in [0.15, 0.2) is 0 Å². The van der Waals surface area contributed by atoms with Crippen LogP contribution < -0.4 is 4.90 Å². The first-order valence-corrected chi connectivity index (χ1v) is 19.5. The largest absolute Gasteiger partial charge is 0.354 e. The summed E-state index contributed by atoms with van der Waals surface area (Å²) in [5.74, 6) is 0. The molecule has 0 radical (unpaired) electrons. The van der Waals surface area contributed by atoms with Gasteiger partial charge in [-0.25, -0.2) is 0 Å². The first-order chi connectivity index (χ1) is 26.5. The van der Waals surface area contributed by atoms with E-state index in [1.165, 1.54) is 75.5 Å². The molecule has 11 rings (SSSR count). The van der Waals surface area contributed by atoms with Crippen LogP contribution in [0.1, 0.15) is 25.0 Å². The Kier molecular flexibility index (Phi) is 6.80. The van der Waals surface area contributed by atoms with Crippen molar-refractivity contribution in [2.75, 3.05) is 4.90 Å². The minimum atomic E-state index is -0.115. The van der Waals surface area contributed by atoms with Gasteiger partial charge < -0.3 is 9.88 Å². The molecule has 0 saturated heterocycles. The van der Waals surface area contributed by atoms with Crippen LogP contribution in [0.2, 0.25) is 0 Å². The molecule has 0 aliphatic heterocycles. The summed E-state index contributed by atoms with van der Waals surface area (Å²) >= 11 is 1.87. The Balaban J connectivity index is 1.16. The number of aromatic amines is 1. The monoisotopic (exact) mass is 708 g/mol. The molecule has 256 valence electrons. The maximum Gasteiger partial charge on any atom is 0.0546 e. The van der Waals surface area contributed by atoms with Gasteiger partial charge in [0.1, 0.15) is 0 Å². The van der Waals surface area contributed by atoms with Crippen molar-refractivity contribution >= 4 is 70.4 Å². The van der Waals surface area contributed by atoms with E-state index in [1.54, 1.807) is 0 Å². The van der Waals surface area contributed by atoms with E-state index in [9.17, 15) is 0 Å². The van der Waals surface area contributed by atoms with Gasteiger partial charge in [0.25, 0.3) is 0 Å². The molecule has 0 fully saturated rings. The lowest BCUT2D eigenvalue weighted by atomic mass is 9.82. The van der Waals surface area contributed by atoms with E-state index in [0.29, 0.717) is 0 Å². The number of anilines is 3. The van der Waals surface area contributed by atoms with Crippen LogP contribution in [0.25, 0.3) is 75.4 Å². The van der Waals surface area contributed by atoms with Gasteiger partial charge in [0, 0.05) is 64.5 Å². The number of benzene rings is 8. The van der Waals surface area contributed by atoms with Gasteiger partial charge >= 0.3 is 0 Å². The van der Waals surface area contributed by atoms with E-state index in [1.807, 2.05) is 11.3 Å². The number of hydrogen-bond donors (Lipinski definition) is 1. The topological polar surface area (TPSA) is 19.0 Å². The first-order valence-electron chi connectivity index (χ1n) is 18.7. The van der Waals surface area contributed by atoms with Gasteiger partial charge in [-0.15, -0.1) is 11.3 Å². The summed E-state index contributed by atoms with van der Waals surface area (Å²) in [6.45, 7) is 4.72. The fourth-order valence-corrected chi connectivity index (χ4v) is 10.0. The molecule has 1 N–H and O–H groups in total. The highest BCUT2D eigenvalue weighted by Crippen LogP contribution is 2.51. The molecule has 0 saturated carbocycles. The molecular formula is C51H36N2S. The molecule has 8 aromatic carbocycles. The summed E-state index contributed by atoms with van der Waals surface area (Å²) in [5, 5.41) is 5.07. The Morgan fingerprint density at radius 2 is 1.09 bits per heavy atom. The normalized spacial score (nSPS) is 13.1. The second-order valence-electron chi connectivity index (χ2n) is 15.0. The lowest BCUT2D eigenvalue weighted by Gasteiger charge is -2.29. The van der Waals surface area contributed by atoms with Crippen LogP contribution in [0.15, 0.2) is 176 Å². The number of nitrogens with one attached hydrogen (secondary N) is 1. The fourth-order valence-electron chi connectivity index (χ4n) is 8.90. The minimum absolute atomic E-state index is 0.115. The molecule has 2 aromatic heterocycles. The highest BCUT2D eigenvalue weighted by atomic mass is 32.1. The van der Waals surface area contributed by atoms with Crippen molar-refractivity contribution < 1.29 is 0 Å². The number of fused-ring (bicyclic) bond motifs is 9. The van der Waals surface area contributed by atoms with Gasteiger partial charge in [-0.2, -0.15) is 0 Å². The van der Waals surface area contributed by atoms with Crippen molar-refractivity contribution in [3.05, 3.63) is 187 Å². The molecule has 3 heteroatoms. The third-order valence-electron chi connectivity index (χ3n) is 11.6. The third kappa shape index (κ3) is 4.72. The number of nitrogens with zero attached hydrogens (tertiary/aromatic N) is 1. The average molecular weight is 709 g/mol. The quantitative estimate of drug-likeness (QED) is 0.189. The van der Waals surface area contributed by atoms with Crippen LogP contribution in [0.4, 0.5) is 17.1 Å². The summed E-state index contributed by atoms with van der Waals surface area (Å²) in [5.41, 5.74) is 15.8. The zero-order valence-corrected chi connectivity index (χ0v) is 30.9. The van der Waals surface area contributed by atoms with Gasteiger partial charge in [0.05, 0.1) is 5.52 Å². The predicted octanol–water partition coefficient (Wildman–Crippen LogP) is 14.8. The number of H-pyrrole nitrogens is 1. The number of rotatable bonds is 5. The Bertz CT molecular complexity index is 3070. The summed E-state index contributed by atoms with van der Waals surface area (Å²) in [4.78, 5) is 6.29. The molecule has 10 aromatic rings. The van der Waals surface area contributed by atoms with Crippen molar-refractivity contribution in [1.29, 1.82) is 0 Å². The third-order valence-corrected chi connectivity index (χ3v) is 12.7. The molecule has 54 heavy (non-hydrogen) atoms. The van der Waals surface area contributed by atoms with Crippen LogP contribution in [-0.2, 0) is 5.41 Å². The number of aromatic nitrogens is 1. The van der Waals surface area contributed by atoms with E-state index in [0.717, 1.165) is 28.1 Å². The van der Waals surface area contributed by atoms with Gasteiger partial charge in [-0.1, -0.05) is 135 Å². The molecule has 0 atom stereocenters. The summed E-state index contributed by atoms with van der Waals surface area (Å²) in [6, 6.07) is 64.9. The van der Waals surface area contributed by atoms with E-state index in [-0.39, 0.29) is 5.41 Å². The van der Waals surface area contributed by atoms with Crippen LogP contribution in [0.3, 0.4) is 0 Å². The molecule has 0 bridgehead atoms. The molecule has 2 nitrogen and oxygen atoms in total. The summed E-state index contributed by atoms with van der Waals surface area (Å²) in [6.07, 6.45) is 0. The Morgan fingerprint density at radius 3 is 1.96 bits per heavy atom. The fraction of sp³-hybridized carbons (Fsp3) is 0.0588. The molecule has 1 aliphatic rings. The van der Waals surface area contributed by atoms with E-state index in [2.05, 4.69) is 200 Å². The van der Waals surface area contributed by atoms with Crippen molar-refractivity contribution in [3.63, 3.8) is 0 Å². The maximum absolute atomic E-state index is 3.83. The van der Waals surface area contributed by atoms with Crippen LogP contribution >= 0.6 is 11.3 Å². The van der Waals surface area contributed by atoms with E-state index in [4.69, 9.17) is 0 Å². The highest BCUT2D eigenvalue weighted by Gasteiger charge is 2.35. The molecule has 0 unspecified atom stereocenters. The molecule has 0 spiro atoms. The zero-order chi connectivity index (χ0) is 36.0. The smallest absolute Gasteiger partial charge is 0.0546 e. The van der Waals surface area contributed by atoms with E-state index < -0.39 is 0 Å². The Labute approximate surface area is 318 Å². The second kappa shape index (κ2) is 11.8. The van der Waals surface area contributed by atoms with Crippen LogP contribution in [0, 0.1) is 0 Å². The standard InChI is InChI=1S/C51H36N2S/c1-51(2)45-17-9-6-14-38(45)39-27-25-36(31-46(39)51)53(35-23-20-33(21-24-35)32-12-4-3-5-13-32)37-29-43(50-44(30-37)40-15-7-10-18-47(40)52-50)34-22-26-42-41-16-8-11-19-48(41)54-49(42)28-34/h3-31,52H,1-2H3. The van der Waals surface area contributed by atoms with Crippen LogP contribution in [-0.4, -0.2) is 4.98 Å². The summed E-state index contributed by atoms with van der Waals surface area (Å²) in [7, 11) is 0. The minimum Gasteiger partial charge on any atom is -0.354 e. The van der Waals surface area contributed by atoms with Crippen molar-refractivity contribution in [2.24, 2.45) is 0 Å². The number of thiophene rings is 1. The SMILES string of the molecule is CC1(C)c2ccccc2-c2ccc(N(c3ccc(-c4ccccc4)cc3)c3cc(-c4ccc5c(c4)sc4ccccc45)c4[nH]c5ccccc5c4c3)cc21. The molecular weight excluding hydrogens is 673 g/mol. The van der Waals surface area contributed by atoms with Gasteiger partial charge in [-0.05, 0) is 93.5 Å². The molecule has 2 heterocycles. The van der Waals surface area contributed by atoms with Crippen LogP contribution in [0.5, 0.6) is 0 Å². The number of para-hydroxylation sites is 1. The summed E-state index contributed by atoms with van der Waals surface area (Å²) < 4.78 is 2.62. The first kappa shape index (κ1) is 31.1. The van der Waals surface area contributed by atoms with Crippen molar-refractivity contribution in [3.8, 4) is 33.4 Å². The zero-order valence-electron chi connectivity index (χ0n) is 30.1. The average Bonchev–Trinajstić information content (AvgIpc) is 3.86. The van der Waals surface area contributed by atoms with Gasteiger partial charge in [-0.3, -0.25) is 0 Å². The van der Waals surface area contributed by atoms with Crippen molar-refractivity contribution in [1.82, 2.24) is 4.98 Å². The maximum atomic E-state index is 3.83. The Morgan fingerprint density at radius 1 is 0.426 bits per heavy atom. The lowest BCUT2D eigenvalue weighted by Crippen LogP contribution is -2.16. The molecule has 0 amide bonds. The van der Waals surface area contributed by atoms with Crippen molar-refractivity contribution in [2.45, 2.75) is 19.3 Å². The van der Waals surface area contributed by atoms with E-state index >= 15 is 0 Å². The highest BCUT2D eigenvalue weighted by molar-refractivity contribution is 7.25. The predicted molar refractivity (Wildman–Crippen MR) is 232 cm³/mol.